The van der Waals surface area contributed by atoms with Crippen LogP contribution in [0.25, 0.3) is 0 Å². The number of likely N-dealkylation sites (tertiary alicyclic amines) is 2. The molecule has 204 valence electrons. The number of nitrogens with two attached hydrogens (primary N) is 1. The second-order valence-corrected chi connectivity index (χ2v) is 12.7. The van der Waals surface area contributed by atoms with Crippen molar-refractivity contribution in [1.82, 2.24) is 9.80 Å². The summed E-state index contributed by atoms with van der Waals surface area (Å²) >= 11 is 0. The molecule has 1 aromatic rings. The third-order valence-electron chi connectivity index (χ3n) is 8.68. The van der Waals surface area contributed by atoms with Crippen molar-refractivity contribution in [3.05, 3.63) is 35.1 Å². The number of benzene rings is 1. The summed E-state index contributed by atoms with van der Waals surface area (Å²) in [6.07, 6.45) is 3.84. The molecule has 1 aliphatic carbocycles. The van der Waals surface area contributed by atoms with Gasteiger partial charge in [0, 0.05) is 18.4 Å². The van der Waals surface area contributed by atoms with E-state index < -0.39 is 29.6 Å². The Morgan fingerprint density at radius 3 is 2.46 bits per heavy atom. The second kappa shape index (κ2) is 10.4. The Kier molecular flexibility index (Phi) is 7.71. The summed E-state index contributed by atoms with van der Waals surface area (Å²) in [6, 6.07) is 4.63. The first kappa shape index (κ1) is 27.6. The van der Waals surface area contributed by atoms with Gasteiger partial charge >= 0.3 is 6.09 Å². The van der Waals surface area contributed by atoms with Crippen LogP contribution in [0.5, 0.6) is 0 Å². The van der Waals surface area contributed by atoms with Crippen molar-refractivity contribution >= 4 is 17.8 Å². The Labute approximate surface area is 219 Å². The van der Waals surface area contributed by atoms with Crippen LogP contribution in [0.15, 0.2) is 18.2 Å². The molecular weight excluding hydrogens is 473 g/mol. The number of carbonyl (C=O) groups excluding carboxylic acids is 3. The van der Waals surface area contributed by atoms with Crippen LogP contribution in [-0.4, -0.2) is 65.4 Å². The van der Waals surface area contributed by atoms with Crippen LogP contribution >= 0.6 is 0 Å². The van der Waals surface area contributed by atoms with Gasteiger partial charge in [0.05, 0.1) is 6.04 Å². The Bertz CT molecular complexity index is 1040. The SMILES string of the molecule is CN1CCC(C)(c2ccc(C[C@H](CC(=O)[C@@H]3[C@H]4CC[C@H](C4)N3C(=O)OC(C)(C)C)C(N)=O)c(F)c2)CC1. The van der Waals surface area contributed by atoms with Crippen molar-refractivity contribution in [3.63, 3.8) is 0 Å². The predicted molar refractivity (Wildman–Crippen MR) is 139 cm³/mol. The van der Waals surface area contributed by atoms with Gasteiger partial charge in [-0.2, -0.15) is 0 Å². The van der Waals surface area contributed by atoms with Gasteiger partial charge in [0.25, 0.3) is 0 Å². The number of ketones is 1. The van der Waals surface area contributed by atoms with E-state index in [1.807, 2.05) is 6.07 Å². The van der Waals surface area contributed by atoms with Crippen molar-refractivity contribution in [2.75, 3.05) is 20.1 Å². The van der Waals surface area contributed by atoms with E-state index in [9.17, 15) is 14.4 Å². The predicted octanol–water partition coefficient (Wildman–Crippen LogP) is 4.20. The van der Waals surface area contributed by atoms with Crippen molar-refractivity contribution in [2.24, 2.45) is 17.6 Å². The largest absolute Gasteiger partial charge is 0.444 e. The smallest absolute Gasteiger partial charge is 0.411 e. The van der Waals surface area contributed by atoms with E-state index in [1.165, 1.54) is 0 Å². The summed E-state index contributed by atoms with van der Waals surface area (Å²) in [5, 5.41) is 0. The molecule has 2 heterocycles. The number of halogens is 1. The molecule has 2 N–H and O–H groups in total. The zero-order valence-corrected chi connectivity index (χ0v) is 22.9. The average molecular weight is 516 g/mol. The number of ether oxygens (including phenoxy) is 1. The molecule has 2 amide bonds. The zero-order chi connectivity index (χ0) is 27.1. The summed E-state index contributed by atoms with van der Waals surface area (Å²) in [5.74, 6) is -1.98. The first-order valence-electron chi connectivity index (χ1n) is 13.6. The minimum Gasteiger partial charge on any atom is -0.444 e. The Hall–Kier alpha value is -2.48. The topological polar surface area (TPSA) is 92.9 Å². The maximum atomic E-state index is 15.2. The molecule has 0 aromatic heterocycles. The third kappa shape index (κ3) is 6.00. The van der Waals surface area contributed by atoms with Crippen LogP contribution in [0.3, 0.4) is 0 Å². The molecule has 0 radical (unpaired) electrons. The van der Waals surface area contributed by atoms with E-state index in [-0.39, 0.29) is 41.8 Å². The number of primary amides is 1. The monoisotopic (exact) mass is 515 g/mol. The highest BCUT2D eigenvalue weighted by atomic mass is 19.1. The van der Waals surface area contributed by atoms with Crippen LogP contribution in [-0.2, 0) is 26.2 Å². The Morgan fingerprint density at radius 2 is 1.86 bits per heavy atom. The number of nitrogens with zero attached hydrogens (tertiary/aromatic N) is 2. The van der Waals surface area contributed by atoms with Gasteiger partial charge in [-0.25, -0.2) is 9.18 Å². The summed E-state index contributed by atoms with van der Waals surface area (Å²) in [7, 11) is 2.10. The molecule has 3 aliphatic rings. The number of hydrogen-bond acceptors (Lipinski definition) is 5. The van der Waals surface area contributed by atoms with E-state index >= 15 is 4.39 Å². The van der Waals surface area contributed by atoms with Gasteiger partial charge in [-0.15, -0.1) is 0 Å². The molecule has 2 aliphatic heterocycles. The fourth-order valence-corrected chi connectivity index (χ4v) is 6.37. The number of piperidine rings is 2. The maximum absolute atomic E-state index is 15.2. The number of amides is 2. The highest BCUT2D eigenvalue weighted by Gasteiger charge is 2.52. The third-order valence-corrected chi connectivity index (χ3v) is 8.68. The lowest BCUT2D eigenvalue weighted by molar-refractivity contribution is -0.131. The van der Waals surface area contributed by atoms with Gasteiger partial charge in [-0.05, 0) is 108 Å². The minimum atomic E-state index is -0.841. The second-order valence-electron chi connectivity index (χ2n) is 12.7. The fourth-order valence-electron chi connectivity index (χ4n) is 6.37. The molecule has 8 heteroatoms. The quantitative estimate of drug-likeness (QED) is 0.588. The minimum absolute atomic E-state index is 0.0215. The molecule has 4 atom stereocenters. The van der Waals surface area contributed by atoms with Gasteiger partial charge in [0.2, 0.25) is 5.91 Å². The van der Waals surface area contributed by atoms with E-state index in [0.29, 0.717) is 5.56 Å². The van der Waals surface area contributed by atoms with E-state index in [4.69, 9.17) is 10.5 Å². The van der Waals surface area contributed by atoms with Crippen molar-refractivity contribution in [3.8, 4) is 0 Å². The number of hydrogen-bond donors (Lipinski definition) is 1. The van der Waals surface area contributed by atoms with E-state index in [1.54, 1.807) is 37.8 Å². The van der Waals surface area contributed by atoms with Gasteiger partial charge in [-0.3, -0.25) is 14.5 Å². The molecule has 37 heavy (non-hydrogen) atoms. The zero-order valence-electron chi connectivity index (χ0n) is 22.9. The van der Waals surface area contributed by atoms with Crippen molar-refractivity contribution < 1.29 is 23.5 Å². The molecule has 1 aromatic carbocycles. The van der Waals surface area contributed by atoms with Gasteiger partial charge in [0.15, 0.2) is 5.78 Å². The van der Waals surface area contributed by atoms with Gasteiger partial charge in [-0.1, -0.05) is 19.1 Å². The normalized spacial score (nSPS) is 26.2. The van der Waals surface area contributed by atoms with E-state index in [2.05, 4.69) is 18.9 Å². The lowest BCUT2D eigenvalue weighted by Gasteiger charge is -2.38. The molecule has 2 bridgehead atoms. The standard InChI is InChI=1S/C29H42FN3O4/c1-28(2,3)37-27(36)33-22-9-7-19(15-22)25(33)24(34)16-20(26(31)35)14-18-6-8-21(17-23(18)30)29(4)10-12-32(5)13-11-29/h6,8,17,19-20,22,25H,7,9-16H2,1-5H3,(H2,31,35)/t19-,20+,22+,25-/m0/s1. The van der Waals surface area contributed by atoms with Crippen LogP contribution in [0, 0.1) is 17.7 Å². The van der Waals surface area contributed by atoms with E-state index in [0.717, 1.165) is 50.8 Å². The molecule has 0 spiro atoms. The fraction of sp³-hybridized carbons (Fsp3) is 0.690. The summed E-state index contributed by atoms with van der Waals surface area (Å²) in [4.78, 5) is 42.6. The molecule has 0 unspecified atom stereocenters. The first-order chi connectivity index (χ1) is 17.3. The Balaban J connectivity index is 1.47. The highest BCUT2D eigenvalue weighted by molar-refractivity contribution is 5.92. The van der Waals surface area contributed by atoms with Crippen LogP contribution < -0.4 is 5.73 Å². The van der Waals surface area contributed by atoms with Gasteiger partial charge < -0.3 is 15.4 Å². The molecule has 4 rings (SSSR count). The number of rotatable bonds is 7. The Morgan fingerprint density at radius 1 is 1.19 bits per heavy atom. The highest BCUT2D eigenvalue weighted by Crippen LogP contribution is 2.44. The van der Waals surface area contributed by atoms with Crippen molar-refractivity contribution in [1.29, 1.82) is 0 Å². The molecular formula is C29H42FN3O4. The van der Waals surface area contributed by atoms with Crippen LogP contribution in [0.1, 0.15) is 77.3 Å². The van der Waals surface area contributed by atoms with Crippen molar-refractivity contribution in [2.45, 2.75) is 95.7 Å². The molecule has 7 nitrogen and oxygen atoms in total. The number of Topliss-reactive ketones (excluding diaryl/α,β-unsaturated/α-hetero) is 1. The summed E-state index contributed by atoms with van der Waals surface area (Å²) in [5.41, 5.74) is 6.28. The average Bonchev–Trinajstić information content (AvgIpc) is 3.42. The number of fused-ring (bicyclic) bond motifs is 2. The number of carbonyl (C=O) groups is 3. The maximum Gasteiger partial charge on any atom is 0.411 e. The lowest BCUT2D eigenvalue weighted by Crippen LogP contribution is -2.51. The van der Waals surface area contributed by atoms with Gasteiger partial charge in [0.1, 0.15) is 11.4 Å². The summed E-state index contributed by atoms with van der Waals surface area (Å²) < 4.78 is 20.8. The molecule has 3 fully saturated rings. The molecule has 2 saturated heterocycles. The lowest BCUT2D eigenvalue weighted by atomic mass is 9.74. The first-order valence-corrected chi connectivity index (χ1v) is 13.6. The summed E-state index contributed by atoms with van der Waals surface area (Å²) in [6.45, 7) is 9.50. The van der Waals surface area contributed by atoms with Crippen LogP contribution in [0.4, 0.5) is 9.18 Å². The van der Waals surface area contributed by atoms with Crippen LogP contribution in [0.2, 0.25) is 0 Å². The molecule has 1 saturated carbocycles.